The highest BCUT2D eigenvalue weighted by Crippen LogP contribution is 2.30. The minimum absolute atomic E-state index is 0.0190. The van der Waals surface area contributed by atoms with Gasteiger partial charge in [-0.15, -0.1) is 11.3 Å². The van der Waals surface area contributed by atoms with Crippen molar-refractivity contribution in [1.82, 2.24) is 20.5 Å². The highest BCUT2D eigenvalue weighted by molar-refractivity contribution is 7.09. The Bertz CT molecular complexity index is 726. The molecule has 0 radical (unpaired) electrons. The number of aliphatic imine (C=N–C) groups is 1. The minimum Gasteiger partial charge on any atom is -0.468 e. The fourth-order valence-corrected chi connectivity index (χ4v) is 3.47. The van der Waals surface area contributed by atoms with Crippen LogP contribution in [0.2, 0.25) is 0 Å². The second-order valence-electron chi connectivity index (χ2n) is 5.95. The zero-order chi connectivity index (χ0) is 20.6. The molecule has 0 amide bonds. The standard InChI is InChI=1S/C18H26F3N5OS/c1-4-22-17(24-11-16-25-15(12-28-16)18(19,20)21)23-10-13(26(5-2)6-3)14-8-7-9-27-14/h7-9,12-13H,4-6,10-11H2,1-3H3,(H2,22,23,24). The number of thiazole rings is 1. The topological polar surface area (TPSA) is 65.7 Å². The summed E-state index contributed by atoms with van der Waals surface area (Å²) in [4.78, 5) is 10.2. The number of rotatable bonds is 9. The fourth-order valence-electron chi connectivity index (χ4n) is 2.75. The second-order valence-corrected chi connectivity index (χ2v) is 6.90. The Labute approximate surface area is 166 Å². The van der Waals surface area contributed by atoms with E-state index in [4.69, 9.17) is 4.42 Å². The van der Waals surface area contributed by atoms with Gasteiger partial charge in [-0.25, -0.2) is 9.98 Å². The third-order valence-corrected chi connectivity index (χ3v) is 4.98. The van der Waals surface area contributed by atoms with E-state index in [1.807, 2.05) is 19.1 Å². The Morgan fingerprint density at radius 1 is 1.29 bits per heavy atom. The zero-order valence-electron chi connectivity index (χ0n) is 16.2. The number of furan rings is 1. The summed E-state index contributed by atoms with van der Waals surface area (Å²) in [5, 5.41) is 7.70. The van der Waals surface area contributed by atoms with Crippen LogP contribution in [0.25, 0.3) is 0 Å². The predicted octanol–water partition coefficient (Wildman–Crippen LogP) is 3.89. The molecule has 0 bridgehead atoms. The molecular weight excluding hydrogens is 391 g/mol. The normalized spacial score (nSPS) is 13.8. The van der Waals surface area contributed by atoms with Crippen LogP contribution in [0.4, 0.5) is 13.2 Å². The van der Waals surface area contributed by atoms with Crippen molar-refractivity contribution in [3.63, 3.8) is 0 Å². The Balaban J connectivity index is 2.06. The molecule has 1 atom stereocenters. The van der Waals surface area contributed by atoms with Crippen LogP contribution < -0.4 is 10.6 Å². The maximum atomic E-state index is 12.7. The second kappa shape index (κ2) is 10.5. The predicted molar refractivity (Wildman–Crippen MR) is 104 cm³/mol. The quantitative estimate of drug-likeness (QED) is 0.479. The third-order valence-electron chi connectivity index (χ3n) is 4.15. The van der Waals surface area contributed by atoms with Crippen LogP contribution in [0.3, 0.4) is 0 Å². The molecule has 0 aliphatic rings. The van der Waals surface area contributed by atoms with Gasteiger partial charge in [0.15, 0.2) is 11.7 Å². The van der Waals surface area contributed by atoms with Gasteiger partial charge in [0.1, 0.15) is 10.8 Å². The summed E-state index contributed by atoms with van der Waals surface area (Å²) in [5.74, 6) is 1.37. The molecular formula is C18H26F3N5OS. The van der Waals surface area contributed by atoms with E-state index in [-0.39, 0.29) is 12.6 Å². The molecule has 0 aromatic carbocycles. The third kappa shape index (κ3) is 6.23. The van der Waals surface area contributed by atoms with Crippen molar-refractivity contribution >= 4 is 17.3 Å². The van der Waals surface area contributed by atoms with Crippen LogP contribution in [0.5, 0.6) is 0 Å². The summed E-state index contributed by atoms with van der Waals surface area (Å²) in [7, 11) is 0. The Morgan fingerprint density at radius 2 is 2.04 bits per heavy atom. The first-order chi connectivity index (χ1) is 13.4. The van der Waals surface area contributed by atoms with Gasteiger partial charge in [0.2, 0.25) is 0 Å². The zero-order valence-corrected chi connectivity index (χ0v) is 17.0. The van der Waals surface area contributed by atoms with Crippen molar-refractivity contribution in [2.75, 3.05) is 26.2 Å². The average molecular weight is 418 g/mol. The summed E-state index contributed by atoms with van der Waals surface area (Å²) in [6, 6.07) is 3.81. The van der Waals surface area contributed by atoms with Gasteiger partial charge in [0.05, 0.1) is 18.8 Å². The number of hydrogen-bond acceptors (Lipinski definition) is 5. The molecule has 0 aliphatic heterocycles. The number of guanidine groups is 1. The molecule has 2 heterocycles. The smallest absolute Gasteiger partial charge is 0.434 e. The van der Waals surface area contributed by atoms with Gasteiger partial charge < -0.3 is 15.1 Å². The van der Waals surface area contributed by atoms with Crippen LogP contribution in [0.1, 0.15) is 43.3 Å². The molecule has 156 valence electrons. The van der Waals surface area contributed by atoms with Crippen LogP contribution in [-0.4, -0.2) is 42.0 Å². The molecule has 2 aromatic rings. The Hall–Kier alpha value is -2.07. The van der Waals surface area contributed by atoms with Crippen LogP contribution in [0, 0.1) is 0 Å². The number of aromatic nitrogens is 1. The lowest BCUT2D eigenvalue weighted by Gasteiger charge is -2.28. The molecule has 0 saturated heterocycles. The number of halogens is 3. The Kier molecular flexibility index (Phi) is 8.31. The van der Waals surface area contributed by atoms with Crippen LogP contribution in [-0.2, 0) is 12.7 Å². The summed E-state index contributed by atoms with van der Waals surface area (Å²) in [6.45, 7) is 9.07. The van der Waals surface area contributed by atoms with Crippen molar-refractivity contribution in [2.24, 2.45) is 4.99 Å². The maximum absolute atomic E-state index is 12.7. The summed E-state index contributed by atoms with van der Waals surface area (Å²) < 4.78 is 43.6. The summed E-state index contributed by atoms with van der Waals surface area (Å²) in [6.07, 6.45) is -2.78. The lowest BCUT2D eigenvalue weighted by Crippen LogP contribution is -2.43. The molecule has 0 aliphatic carbocycles. The molecule has 0 saturated carbocycles. The van der Waals surface area contributed by atoms with Crippen molar-refractivity contribution in [2.45, 2.75) is 39.5 Å². The molecule has 0 spiro atoms. The van der Waals surface area contributed by atoms with Crippen molar-refractivity contribution in [3.05, 3.63) is 40.2 Å². The maximum Gasteiger partial charge on any atom is 0.434 e. The fraction of sp³-hybridized carbons (Fsp3) is 0.556. The van der Waals surface area contributed by atoms with E-state index >= 15 is 0 Å². The van der Waals surface area contributed by atoms with E-state index < -0.39 is 11.9 Å². The van der Waals surface area contributed by atoms with Gasteiger partial charge in [-0.2, -0.15) is 13.2 Å². The van der Waals surface area contributed by atoms with Crippen LogP contribution in [0.15, 0.2) is 33.2 Å². The van der Waals surface area contributed by atoms with E-state index in [9.17, 15) is 13.2 Å². The van der Waals surface area contributed by atoms with Crippen molar-refractivity contribution < 1.29 is 17.6 Å². The molecule has 1 unspecified atom stereocenters. The van der Waals surface area contributed by atoms with E-state index in [1.54, 1.807) is 6.26 Å². The molecule has 2 N–H and O–H groups in total. The minimum atomic E-state index is -4.43. The SMILES string of the molecule is CCNC(=NCc1nc(C(F)(F)F)cs1)NCC(c1ccco1)N(CC)CC. The van der Waals surface area contributed by atoms with Crippen LogP contribution >= 0.6 is 11.3 Å². The lowest BCUT2D eigenvalue weighted by atomic mass is 10.2. The molecule has 0 fully saturated rings. The van der Waals surface area contributed by atoms with Gasteiger partial charge in [-0.1, -0.05) is 13.8 Å². The average Bonchev–Trinajstić information content (AvgIpc) is 3.34. The summed E-state index contributed by atoms with van der Waals surface area (Å²) >= 11 is 0.954. The molecule has 2 aromatic heterocycles. The number of nitrogens with zero attached hydrogens (tertiary/aromatic N) is 3. The van der Waals surface area contributed by atoms with Gasteiger partial charge in [0, 0.05) is 18.5 Å². The molecule has 6 nitrogen and oxygen atoms in total. The number of hydrogen-bond donors (Lipinski definition) is 2. The largest absolute Gasteiger partial charge is 0.468 e. The molecule has 28 heavy (non-hydrogen) atoms. The highest BCUT2D eigenvalue weighted by atomic mass is 32.1. The van der Waals surface area contributed by atoms with Gasteiger partial charge in [-0.05, 0) is 32.1 Å². The number of likely N-dealkylation sites (N-methyl/N-ethyl adjacent to an activating group) is 1. The number of alkyl halides is 3. The first kappa shape index (κ1) is 22.2. The molecule has 2 rings (SSSR count). The monoisotopic (exact) mass is 417 g/mol. The lowest BCUT2D eigenvalue weighted by molar-refractivity contribution is -0.140. The van der Waals surface area contributed by atoms with E-state index in [0.29, 0.717) is 24.1 Å². The first-order valence-electron chi connectivity index (χ1n) is 9.20. The summed E-state index contributed by atoms with van der Waals surface area (Å²) in [5.41, 5.74) is -0.875. The van der Waals surface area contributed by atoms with E-state index in [1.165, 1.54) is 0 Å². The van der Waals surface area contributed by atoms with Crippen molar-refractivity contribution in [1.29, 1.82) is 0 Å². The number of nitrogens with one attached hydrogen (secondary N) is 2. The Morgan fingerprint density at radius 3 is 2.57 bits per heavy atom. The van der Waals surface area contributed by atoms with Crippen molar-refractivity contribution in [3.8, 4) is 0 Å². The molecule has 10 heteroatoms. The first-order valence-corrected chi connectivity index (χ1v) is 10.1. The van der Waals surface area contributed by atoms with Gasteiger partial charge in [0.25, 0.3) is 0 Å². The highest BCUT2D eigenvalue weighted by Gasteiger charge is 2.33. The van der Waals surface area contributed by atoms with E-state index in [0.717, 1.165) is 35.6 Å². The van der Waals surface area contributed by atoms with Gasteiger partial charge in [-0.3, -0.25) is 4.90 Å². The van der Waals surface area contributed by atoms with Gasteiger partial charge >= 0.3 is 6.18 Å². The van der Waals surface area contributed by atoms with E-state index in [2.05, 4.69) is 39.4 Å².